The molecule has 2 N–H and O–H groups in total. The molecule has 4 heteroatoms. The summed E-state index contributed by atoms with van der Waals surface area (Å²) in [6.45, 7) is 1.80. The van der Waals surface area contributed by atoms with Crippen LogP contribution in [0.15, 0.2) is 16.6 Å². The Morgan fingerprint density at radius 1 is 1.62 bits per heavy atom. The predicted molar refractivity (Wildman–Crippen MR) is 58.2 cm³/mol. The van der Waals surface area contributed by atoms with Crippen LogP contribution in [0.1, 0.15) is 23.7 Å². The molecule has 0 radical (unpaired) electrons. The third-order valence-corrected chi connectivity index (χ3v) is 2.91. The summed E-state index contributed by atoms with van der Waals surface area (Å²) in [4.78, 5) is 11.4. The lowest BCUT2D eigenvalue weighted by atomic mass is 10.1. The van der Waals surface area contributed by atoms with Gasteiger partial charge in [0.25, 0.3) is 0 Å². The van der Waals surface area contributed by atoms with E-state index in [1.165, 1.54) is 0 Å². The molecule has 1 aromatic carbocycles. The Balaban J connectivity index is 3.23. The number of carbonyl (C=O) groups is 1. The molecule has 0 aliphatic heterocycles. The van der Waals surface area contributed by atoms with Crippen molar-refractivity contribution in [1.82, 2.24) is 0 Å². The Hall–Kier alpha value is -0.540. The second-order valence-electron chi connectivity index (χ2n) is 2.63. The van der Waals surface area contributed by atoms with Crippen molar-refractivity contribution in [2.45, 2.75) is 13.3 Å². The molecule has 0 heterocycles. The lowest BCUT2D eigenvalue weighted by Crippen LogP contribution is -2.02. The van der Waals surface area contributed by atoms with Crippen LogP contribution in [-0.2, 0) is 0 Å². The van der Waals surface area contributed by atoms with E-state index in [4.69, 9.17) is 17.3 Å². The zero-order chi connectivity index (χ0) is 10.0. The van der Waals surface area contributed by atoms with Crippen LogP contribution in [0.4, 0.5) is 5.69 Å². The van der Waals surface area contributed by atoms with Gasteiger partial charge in [0.2, 0.25) is 0 Å². The summed E-state index contributed by atoms with van der Waals surface area (Å²) in [5.74, 6) is 0.0230. The largest absolute Gasteiger partial charge is 0.398 e. The SMILES string of the molecule is CCC(=O)c1cc(Br)c(Cl)cc1N. The molecule has 0 amide bonds. The third kappa shape index (κ3) is 2.23. The first-order valence-electron chi connectivity index (χ1n) is 3.84. The van der Waals surface area contributed by atoms with Gasteiger partial charge in [-0.2, -0.15) is 0 Å². The van der Waals surface area contributed by atoms with Gasteiger partial charge >= 0.3 is 0 Å². The molecule has 1 aromatic rings. The first-order valence-corrected chi connectivity index (χ1v) is 5.01. The van der Waals surface area contributed by atoms with Gasteiger partial charge in [0, 0.05) is 22.1 Å². The molecule has 0 fully saturated rings. The molecule has 0 aliphatic carbocycles. The Morgan fingerprint density at radius 2 is 2.23 bits per heavy atom. The number of Topliss-reactive ketones (excluding diaryl/α,β-unsaturated/α-hetero) is 1. The molecule has 0 saturated heterocycles. The molecule has 13 heavy (non-hydrogen) atoms. The lowest BCUT2D eigenvalue weighted by molar-refractivity contribution is 0.0989. The highest BCUT2D eigenvalue weighted by Gasteiger charge is 2.10. The van der Waals surface area contributed by atoms with Gasteiger partial charge in [0.05, 0.1) is 5.02 Å². The second kappa shape index (κ2) is 4.11. The maximum Gasteiger partial charge on any atom is 0.164 e. The van der Waals surface area contributed by atoms with Gasteiger partial charge in [-0.05, 0) is 28.1 Å². The summed E-state index contributed by atoms with van der Waals surface area (Å²) in [5, 5.41) is 0.519. The molecular weight excluding hydrogens is 253 g/mol. The van der Waals surface area contributed by atoms with E-state index in [9.17, 15) is 4.79 Å². The number of hydrogen-bond acceptors (Lipinski definition) is 2. The molecular formula is C9H9BrClNO. The van der Waals surface area contributed by atoms with Crippen molar-refractivity contribution in [3.8, 4) is 0 Å². The lowest BCUT2D eigenvalue weighted by Gasteiger charge is -2.05. The van der Waals surface area contributed by atoms with Crippen molar-refractivity contribution in [2.75, 3.05) is 5.73 Å². The number of ketones is 1. The summed E-state index contributed by atoms with van der Waals surface area (Å²) in [5.41, 5.74) is 6.60. The van der Waals surface area contributed by atoms with Crippen LogP contribution in [0.3, 0.4) is 0 Å². The average molecular weight is 263 g/mol. The number of benzene rings is 1. The van der Waals surface area contributed by atoms with Crippen LogP contribution >= 0.6 is 27.5 Å². The van der Waals surface area contributed by atoms with Gasteiger partial charge in [-0.25, -0.2) is 0 Å². The van der Waals surface area contributed by atoms with E-state index in [0.717, 1.165) is 0 Å². The zero-order valence-electron chi connectivity index (χ0n) is 7.10. The summed E-state index contributed by atoms with van der Waals surface area (Å²) >= 11 is 9.03. The summed E-state index contributed by atoms with van der Waals surface area (Å²) < 4.78 is 0.695. The fraction of sp³-hybridized carbons (Fsp3) is 0.222. The van der Waals surface area contributed by atoms with E-state index in [2.05, 4.69) is 15.9 Å². The number of hydrogen-bond donors (Lipinski definition) is 1. The highest BCUT2D eigenvalue weighted by molar-refractivity contribution is 9.10. The first-order chi connectivity index (χ1) is 6.06. The number of halogens is 2. The van der Waals surface area contributed by atoms with E-state index < -0.39 is 0 Å². The van der Waals surface area contributed by atoms with E-state index in [1.807, 2.05) is 0 Å². The standard InChI is InChI=1S/C9H9BrClNO/c1-2-9(13)5-3-6(10)7(11)4-8(5)12/h3-4H,2,12H2,1H3. The quantitative estimate of drug-likeness (QED) is 0.656. The number of anilines is 1. The van der Waals surface area contributed by atoms with Crippen molar-refractivity contribution in [3.63, 3.8) is 0 Å². The molecule has 0 atom stereocenters. The highest BCUT2D eigenvalue weighted by Crippen LogP contribution is 2.28. The van der Waals surface area contributed by atoms with E-state index >= 15 is 0 Å². The number of nitrogen functional groups attached to an aromatic ring is 1. The molecule has 70 valence electrons. The molecule has 2 nitrogen and oxygen atoms in total. The Morgan fingerprint density at radius 3 is 2.77 bits per heavy atom. The predicted octanol–water partition coefficient (Wildman–Crippen LogP) is 3.28. The van der Waals surface area contributed by atoms with Crippen LogP contribution in [0.5, 0.6) is 0 Å². The topological polar surface area (TPSA) is 43.1 Å². The van der Waals surface area contributed by atoms with Crippen molar-refractivity contribution in [1.29, 1.82) is 0 Å². The van der Waals surface area contributed by atoms with Gasteiger partial charge < -0.3 is 5.73 Å². The van der Waals surface area contributed by atoms with Gasteiger partial charge in [0.1, 0.15) is 0 Å². The summed E-state index contributed by atoms with van der Waals surface area (Å²) in [7, 11) is 0. The molecule has 0 spiro atoms. The normalized spacial score (nSPS) is 10.1. The van der Waals surface area contributed by atoms with Crippen LogP contribution in [0.2, 0.25) is 5.02 Å². The summed E-state index contributed by atoms with van der Waals surface area (Å²) in [6.07, 6.45) is 0.443. The minimum atomic E-state index is 0.0230. The van der Waals surface area contributed by atoms with Gasteiger partial charge in [-0.3, -0.25) is 4.79 Å². The zero-order valence-corrected chi connectivity index (χ0v) is 9.45. The second-order valence-corrected chi connectivity index (χ2v) is 3.89. The Labute approximate surface area is 90.2 Å². The van der Waals surface area contributed by atoms with Gasteiger partial charge in [-0.1, -0.05) is 18.5 Å². The van der Waals surface area contributed by atoms with E-state index in [0.29, 0.717) is 27.2 Å². The first kappa shape index (κ1) is 10.5. The summed E-state index contributed by atoms with van der Waals surface area (Å²) in [6, 6.07) is 3.23. The minimum absolute atomic E-state index is 0.0230. The van der Waals surface area contributed by atoms with Gasteiger partial charge in [0.15, 0.2) is 5.78 Å². The van der Waals surface area contributed by atoms with Crippen LogP contribution < -0.4 is 5.73 Å². The van der Waals surface area contributed by atoms with E-state index in [-0.39, 0.29) is 5.78 Å². The fourth-order valence-electron chi connectivity index (χ4n) is 0.994. The number of rotatable bonds is 2. The molecule has 0 unspecified atom stereocenters. The van der Waals surface area contributed by atoms with Crippen molar-refractivity contribution in [2.24, 2.45) is 0 Å². The molecule has 0 saturated carbocycles. The fourth-order valence-corrected chi connectivity index (χ4v) is 1.51. The molecule has 0 bridgehead atoms. The van der Waals surface area contributed by atoms with Crippen molar-refractivity contribution >= 4 is 39.0 Å². The third-order valence-electron chi connectivity index (χ3n) is 1.71. The number of nitrogens with two attached hydrogens (primary N) is 1. The Kier molecular flexibility index (Phi) is 3.33. The molecule has 0 aromatic heterocycles. The monoisotopic (exact) mass is 261 g/mol. The molecule has 1 rings (SSSR count). The maximum absolute atomic E-state index is 11.4. The van der Waals surface area contributed by atoms with Crippen LogP contribution in [-0.4, -0.2) is 5.78 Å². The number of carbonyl (C=O) groups excluding carboxylic acids is 1. The highest BCUT2D eigenvalue weighted by atomic mass is 79.9. The molecule has 0 aliphatic rings. The van der Waals surface area contributed by atoms with Gasteiger partial charge in [-0.15, -0.1) is 0 Å². The minimum Gasteiger partial charge on any atom is -0.398 e. The van der Waals surface area contributed by atoms with Crippen LogP contribution in [0, 0.1) is 0 Å². The van der Waals surface area contributed by atoms with E-state index in [1.54, 1.807) is 19.1 Å². The smallest absolute Gasteiger partial charge is 0.164 e. The maximum atomic E-state index is 11.4. The average Bonchev–Trinajstić information content (AvgIpc) is 2.10. The Bertz CT molecular complexity index is 352. The van der Waals surface area contributed by atoms with Crippen molar-refractivity contribution < 1.29 is 4.79 Å². The van der Waals surface area contributed by atoms with Crippen molar-refractivity contribution in [3.05, 3.63) is 27.2 Å². The van der Waals surface area contributed by atoms with Crippen LogP contribution in [0.25, 0.3) is 0 Å².